The Labute approximate surface area is 106 Å². The lowest BCUT2D eigenvalue weighted by Crippen LogP contribution is -2.18. The predicted molar refractivity (Wildman–Crippen MR) is 64.5 cm³/mol. The van der Waals surface area contributed by atoms with Gasteiger partial charge >= 0.3 is 5.97 Å². The Morgan fingerprint density at radius 3 is 2.67 bits per heavy atom. The molecule has 1 aromatic heterocycles. The first-order valence-electron chi connectivity index (χ1n) is 6.51. The molecule has 0 bridgehead atoms. The van der Waals surface area contributed by atoms with Crippen molar-refractivity contribution in [1.82, 2.24) is 15.0 Å². The van der Waals surface area contributed by atoms with E-state index in [1.165, 1.54) is 0 Å². The molecule has 1 saturated carbocycles. The number of unbranched alkanes of at least 4 members (excludes halogenated alkanes) is 2. The van der Waals surface area contributed by atoms with Gasteiger partial charge in [-0.1, -0.05) is 11.6 Å². The summed E-state index contributed by atoms with van der Waals surface area (Å²) >= 11 is 0. The van der Waals surface area contributed by atoms with E-state index < -0.39 is 5.97 Å². The van der Waals surface area contributed by atoms with E-state index in [0.29, 0.717) is 12.5 Å². The third-order valence-electron chi connectivity index (χ3n) is 3.50. The van der Waals surface area contributed by atoms with Gasteiger partial charge in [-0.25, -0.2) is 9.48 Å². The van der Waals surface area contributed by atoms with Gasteiger partial charge in [0.05, 0.1) is 5.69 Å². The quantitative estimate of drug-likeness (QED) is 0.717. The number of carboxylic acid groups (broad SMARTS) is 1. The molecular formula is C12H19N3O3. The molecule has 1 fully saturated rings. The fourth-order valence-corrected chi connectivity index (χ4v) is 2.27. The van der Waals surface area contributed by atoms with Gasteiger partial charge in [-0.3, -0.25) is 0 Å². The summed E-state index contributed by atoms with van der Waals surface area (Å²) in [5, 5.41) is 25.6. The molecule has 0 aromatic carbocycles. The lowest BCUT2D eigenvalue weighted by molar-refractivity contribution is 0.0687. The minimum Gasteiger partial charge on any atom is -0.476 e. The number of carbonyl (C=O) groups is 1. The fourth-order valence-electron chi connectivity index (χ4n) is 2.27. The Bertz CT molecular complexity index is 413. The molecule has 2 N–H and O–H groups in total. The topological polar surface area (TPSA) is 88.2 Å². The van der Waals surface area contributed by atoms with E-state index in [1.54, 1.807) is 4.68 Å². The minimum atomic E-state index is -0.987. The third kappa shape index (κ3) is 2.69. The van der Waals surface area contributed by atoms with Crippen molar-refractivity contribution in [3.8, 4) is 0 Å². The lowest BCUT2D eigenvalue weighted by atomic mass is 9.82. The molecule has 1 heterocycles. The highest BCUT2D eigenvalue weighted by atomic mass is 16.4. The number of nitrogens with zero attached hydrogens (tertiary/aromatic N) is 3. The SMILES string of the molecule is O=C(O)c1nnn(CCCCCO)c1C1CCC1. The van der Waals surface area contributed by atoms with Crippen LogP contribution in [0.3, 0.4) is 0 Å². The summed E-state index contributed by atoms with van der Waals surface area (Å²) in [6.45, 7) is 0.888. The Hall–Kier alpha value is -1.43. The van der Waals surface area contributed by atoms with E-state index in [2.05, 4.69) is 10.3 Å². The van der Waals surface area contributed by atoms with Crippen LogP contribution < -0.4 is 0 Å². The van der Waals surface area contributed by atoms with Gasteiger partial charge in [-0.2, -0.15) is 0 Å². The van der Waals surface area contributed by atoms with Crippen LogP contribution in [0.25, 0.3) is 0 Å². The van der Waals surface area contributed by atoms with Gasteiger partial charge in [0.2, 0.25) is 0 Å². The molecule has 2 rings (SSSR count). The third-order valence-corrected chi connectivity index (χ3v) is 3.50. The zero-order chi connectivity index (χ0) is 13.0. The molecule has 0 radical (unpaired) electrons. The molecule has 0 unspecified atom stereocenters. The summed E-state index contributed by atoms with van der Waals surface area (Å²) in [5.41, 5.74) is 0.902. The number of aromatic nitrogens is 3. The second kappa shape index (κ2) is 5.95. The van der Waals surface area contributed by atoms with E-state index in [-0.39, 0.29) is 12.3 Å². The van der Waals surface area contributed by atoms with Crippen molar-refractivity contribution >= 4 is 5.97 Å². The first kappa shape index (κ1) is 13.0. The van der Waals surface area contributed by atoms with Crippen LogP contribution in [-0.4, -0.2) is 37.8 Å². The van der Waals surface area contributed by atoms with Gasteiger partial charge in [0.1, 0.15) is 0 Å². The second-order valence-corrected chi connectivity index (χ2v) is 4.76. The van der Waals surface area contributed by atoms with Gasteiger partial charge in [0.15, 0.2) is 5.69 Å². The summed E-state index contributed by atoms with van der Waals surface area (Å²) < 4.78 is 1.74. The van der Waals surface area contributed by atoms with E-state index in [9.17, 15) is 4.79 Å². The Kier molecular flexibility index (Phi) is 4.30. The molecular weight excluding hydrogens is 234 g/mol. The first-order valence-corrected chi connectivity index (χ1v) is 6.51. The molecule has 0 atom stereocenters. The number of aliphatic hydroxyl groups is 1. The highest BCUT2D eigenvalue weighted by molar-refractivity contribution is 5.86. The lowest BCUT2D eigenvalue weighted by Gasteiger charge is -2.26. The molecule has 1 aliphatic carbocycles. The summed E-state index contributed by atoms with van der Waals surface area (Å²) in [6, 6.07) is 0. The van der Waals surface area contributed by atoms with Crippen molar-refractivity contribution < 1.29 is 15.0 Å². The van der Waals surface area contributed by atoms with Gasteiger partial charge < -0.3 is 10.2 Å². The van der Waals surface area contributed by atoms with Crippen molar-refractivity contribution in [1.29, 1.82) is 0 Å². The Morgan fingerprint density at radius 2 is 2.11 bits per heavy atom. The molecule has 0 aliphatic heterocycles. The van der Waals surface area contributed by atoms with Crippen molar-refractivity contribution in [2.45, 2.75) is 51.0 Å². The maximum atomic E-state index is 11.1. The number of hydrogen-bond donors (Lipinski definition) is 2. The summed E-state index contributed by atoms with van der Waals surface area (Å²) in [6.07, 6.45) is 5.80. The standard InChI is InChI=1S/C12H19N3O3/c16-8-3-1-2-7-15-11(9-5-4-6-9)10(12(17)18)13-14-15/h9,16H,1-8H2,(H,17,18). The molecule has 0 amide bonds. The van der Waals surface area contributed by atoms with Crippen LogP contribution in [0.5, 0.6) is 0 Å². The number of rotatable bonds is 7. The summed E-state index contributed by atoms with van der Waals surface area (Å²) in [5.74, 6) is -0.678. The zero-order valence-corrected chi connectivity index (χ0v) is 10.4. The molecule has 18 heavy (non-hydrogen) atoms. The van der Waals surface area contributed by atoms with Crippen molar-refractivity contribution in [3.63, 3.8) is 0 Å². The minimum absolute atomic E-state index is 0.113. The number of carboxylic acids is 1. The zero-order valence-electron chi connectivity index (χ0n) is 10.4. The van der Waals surface area contributed by atoms with Crippen molar-refractivity contribution in [3.05, 3.63) is 11.4 Å². The van der Waals surface area contributed by atoms with Crippen LogP contribution in [0, 0.1) is 0 Å². The molecule has 1 aromatic rings. The number of aryl methyl sites for hydroxylation is 1. The predicted octanol–water partition coefficient (Wildman–Crippen LogP) is 1.41. The normalized spacial score (nSPS) is 15.6. The first-order chi connectivity index (χ1) is 8.74. The highest BCUT2D eigenvalue weighted by Crippen LogP contribution is 2.37. The number of aromatic carboxylic acids is 1. The van der Waals surface area contributed by atoms with Crippen molar-refractivity contribution in [2.75, 3.05) is 6.61 Å². The summed E-state index contributed by atoms with van der Waals surface area (Å²) in [4.78, 5) is 11.1. The smallest absolute Gasteiger partial charge is 0.358 e. The Balaban J connectivity index is 2.06. The maximum Gasteiger partial charge on any atom is 0.358 e. The molecule has 0 saturated heterocycles. The molecule has 1 aliphatic rings. The number of aliphatic hydroxyl groups excluding tert-OH is 1. The molecule has 0 spiro atoms. The van der Waals surface area contributed by atoms with E-state index in [0.717, 1.165) is 44.2 Å². The van der Waals surface area contributed by atoms with Crippen LogP contribution >= 0.6 is 0 Å². The molecule has 100 valence electrons. The average Bonchev–Trinajstić information content (AvgIpc) is 2.66. The number of hydrogen-bond acceptors (Lipinski definition) is 4. The molecule has 6 nitrogen and oxygen atoms in total. The van der Waals surface area contributed by atoms with Crippen LogP contribution in [-0.2, 0) is 6.54 Å². The fraction of sp³-hybridized carbons (Fsp3) is 0.750. The van der Waals surface area contributed by atoms with Crippen LogP contribution in [0.2, 0.25) is 0 Å². The van der Waals surface area contributed by atoms with E-state index in [4.69, 9.17) is 10.2 Å². The monoisotopic (exact) mass is 253 g/mol. The largest absolute Gasteiger partial charge is 0.476 e. The van der Waals surface area contributed by atoms with Crippen LogP contribution in [0.15, 0.2) is 0 Å². The highest BCUT2D eigenvalue weighted by Gasteiger charge is 2.30. The van der Waals surface area contributed by atoms with E-state index in [1.807, 2.05) is 0 Å². The van der Waals surface area contributed by atoms with Gasteiger partial charge in [0, 0.05) is 19.1 Å². The van der Waals surface area contributed by atoms with E-state index >= 15 is 0 Å². The van der Waals surface area contributed by atoms with Crippen molar-refractivity contribution in [2.24, 2.45) is 0 Å². The van der Waals surface area contributed by atoms with Gasteiger partial charge in [-0.05, 0) is 32.1 Å². The van der Waals surface area contributed by atoms with Gasteiger partial charge in [-0.15, -0.1) is 5.10 Å². The van der Waals surface area contributed by atoms with Gasteiger partial charge in [0.25, 0.3) is 0 Å². The maximum absolute atomic E-state index is 11.1. The Morgan fingerprint density at radius 1 is 1.33 bits per heavy atom. The average molecular weight is 253 g/mol. The molecule has 6 heteroatoms. The van der Waals surface area contributed by atoms with Crippen LogP contribution in [0.4, 0.5) is 0 Å². The summed E-state index contributed by atoms with van der Waals surface area (Å²) in [7, 11) is 0. The second-order valence-electron chi connectivity index (χ2n) is 4.76. The van der Waals surface area contributed by atoms with Crippen LogP contribution in [0.1, 0.15) is 60.6 Å².